The van der Waals surface area contributed by atoms with E-state index in [-0.39, 0.29) is 22.5 Å². The molecule has 0 saturated heterocycles. The van der Waals surface area contributed by atoms with Crippen LogP contribution >= 0.6 is 0 Å². The Kier molecular flexibility index (Phi) is 70000. The standard InChI is InChI=1S/C2H2.Cu.H2O/c1-2;;/h1-2H;;1H2/q;+1;/p-1. The summed E-state index contributed by atoms with van der Waals surface area (Å²) in [6.07, 6.45) is 8.00. The van der Waals surface area contributed by atoms with E-state index in [4.69, 9.17) is 0 Å². The molecule has 4 heavy (non-hydrogen) atoms. The van der Waals surface area contributed by atoms with E-state index in [1.807, 2.05) is 0 Å². The van der Waals surface area contributed by atoms with Crippen LogP contribution in [0.25, 0.3) is 0 Å². The van der Waals surface area contributed by atoms with Crippen LogP contribution < -0.4 is 0 Å². The van der Waals surface area contributed by atoms with Crippen LogP contribution in [0, 0.1) is 12.8 Å². The second-order valence-electron chi connectivity index (χ2n) is 0. The fourth-order valence-electron chi connectivity index (χ4n) is 0. The third-order valence-corrected chi connectivity index (χ3v) is 0. The molecule has 0 aliphatic rings. The summed E-state index contributed by atoms with van der Waals surface area (Å²) in [5.74, 6) is 0. The molecule has 0 spiro atoms. The number of rotatable bonds is 0. The second kappa shape index (κ2) is 8110. The molecule has 0 fully saturated rings. The molecule has 0 aromatic rings. The minimum Gasteiger partial charge on any atom is -0.870 e. The number of hydrogen-bond donors (Lipinski definition) is 0. The average molecular weight is 107 g/mol. The van der Waals surface area contributed by atoms with E-state index in [9.17, 15) is 0 Å². The quantitative estimate of drug-likeness (QED) is 0.318. The Hall–Kier alpha value is 0.0395. The van der Waals surface area contributed by atoms with Gasteiger partial charge in [-0.2, -0.15) is 0 Å². The van der Waals surface area contributed by atoms with Crippen molar-refractivity contribution >= 4 is 0 Å². The van der Waals surface area contributed by atoms with Gasteiger partial charge in [0, 0.05) is 0 Å². The SMILES string of the molecule is C#C.[Cu+].[OH-]. The summed E-state index contributed by atoms with van der Waals surface area (Å²) < 4.78 is 0. The number of hydrogen-bond acceptors (Lipinski definition) is 1. The van der Waals surface area contributed by atoms with Gasteiger partial charge in [0.1, 0.15) is 0 Å². The first-order valence-electron chi connectivity index (χ1n) is 0.333. The van der Waals surface area contributed by atoms with Crippen LogP contribution in [-0.4, -0.2) is 5.48 Å². The molecule has 0 saturated carbocycles. The molecule has 0 aromatic carbocycles. The first-order chi connectivity index (χ1) is 1.00. The van der Waals surface area contributed by atoms with Crippen LogP contribution in [0.2, 0.25) is 0 Å². The molecule has 0 unspecified atom stereocenters. The molecule has 0 heterocycles. The normalized spacial score (nSPS) is 0.500. The predicted octanol–water partition coefficient (Wildman–Crippen LogP) is 0.0701. The van der Waals surface area contributed by atoms with E-state index in [0.717, 1.165) is 0 Å². The summed E-state index contributed by atoms with van der Waals surface area (Å²) in [6.45, 7) is 0. The smallest absolute Gasteiger partial charge is 0.870 e. The second-order valence-corrected chi connectivity index (χ2v) is 0. The van der Waals surface area contributed by atoms with Gasteiger partial charge in [-0.3, -0.25) is 0 Å². The molecule has 0 bridgehead atoms. The largest absolute Gasteiger partial charge is 1.00 e. The minimum atomic E-state index is 0. The Balaban J connectivity index is -0.00000000500. The van der Waals surface area contributed by atoms with Gasteiger partial charge in [-0.05, 0) is 0 Å². The third-order valence-electron chi connectivity index (χ3n) is 0. The molecule has 0 amide bonds. The summed E-state index contributed by atoms with van der Waals surface area (Å²) in [4.78, 5) is 0. The van der Waals surface area contributed by atoms with Crippen LogP contribution in [-0.2, 0) is 17.1 Å². The summed E-state index contributed by atoms with van der Waals surface area (Å²) in [5.41, 5.74) is 0. The Morgan fingerprint density at radius 2 is 1.00 bits per heavy atom. The van der Waals surface area contributed by atoms with E-state index >= 15 is 0 Å². The van der Waals surface area contributed by atoms with Gasteiger partial charge < -0.3 is 5.48 Å². The van der Waals surface area contributed by atoms with Crippen molar-refractivity contribution in [2.24, 2.45) is 0 Å². The zero-order valence-corrected chi connectivity index (χ0v) is 2.85. The molecule has 2 heteroatoms. The molecular weight excluding hydrogens is 104 g/mol. The Labute approximate surface area is 36.2 Å². The van der Waals surface area contributed by atoms with Gasteiger partial charge >= 0.3 is 17.1 Å². The van der Waals surface area contributed by atoms with E-state index < -0.39 is 0 Å². The topological polar surface area (TPSA) is 30.0 Å². The van der Waals surface area contributed by atoms with Crippen LogP contribution in [0.5, 0.6) is 0 Å². The molecule has 28 valence electrons. The first-order valence-corrected chi connectivity index (χ1v) is 0.333. The van der Waals surface area contributed by atoms with Crippen LogP contribution in [0.1, 0.15) is 0 Å². The summed E-state index contributed by atoms with van der Waals surface area (Å²) in [6, 6.07) is 0. The zero-order chi connectivity index (χ0) is 2.00. The van der Waals surface area contributed by atoms with Crippen molar-refractivity contribution in [1.29, 1.82) is 0 Å². The molecule has 0 atom stereocenters. The van der Waals surface area contributed by atoms with E-state index in [1.165, 1.54) is 0 Å². The summed E-state index contributed by atoms with van der Waals surface area (Å²) in [5, 5.41) is 0. The minimum absolute atomic E-state index is 0. The van der Waals surface area contributed by atoms with Gasteiger partial charge in [-0.25, -0.2) is 0 Å². The van der Waals surface area contributed by atoms with Crippen molar-refractivity contribution < 1.29 is 22.5 Å². The Morgan fingerprint density at radius 1 is 1.00 bits per heavy atom. The fourth-order valence-corrected chi connectivity index (χ4v) is 0. The predicted molar refractivity (Wildman–Crippen MR) is 11.8 cm³/mol. The maximum atomic E-state index is 4.00. The average Bonchev–Trinajstić information content (AvgIpc) is 1.00. The van der Waals surface area contributed by atoms with E-state index in [2.05, 4.69) is 12.8 Å². The molecule has 1 N–H and O–H groups in total. The molecule has 0 radical (unpaired) electrons. The third kappa shape index (κ3) is 1410. The molecule has 0 aliphatic carbocycles. The maximum Gasteiger partial charge on any atom is 1.00 e. The van der Waals surface area contributed by atoms with Gasteiger partial charge in [-0.15, -0.1) is 12.8 Å². The molecule has 0 rings (SSSR count). The Morgan fingerprint density at radius 3 is 1.00 bits per heavy atom. The zero-order valence-electron chi connectivity index (χ0n) is 1.90. The Bertz CT molecular complexity index is 10.8. The van der Waals surface area contributed by atoms with Crippen molar-refractivity contribution in [3.05, 3.63) is 0 Å². The van der Waals surface area contributed by atoms with Gasteiger partial charge in [-0.1, -0.05) is 0 Å². The maximum absolute atomic E-state index is 4.00. The van der Waals surface area contributed by atoms with Crippen LogP contribution in [0.15, 0.2) is 0 Å². The van der Waals surface area contributed by atoms with Crippen molar-refractivity contribution in [3.8, 4) is 12.8 Å². The van der Waals surface area contributed by atoms with Gasteiger partial charge in [0.05, 0.1) is 0 Å². The van der Waals surface area contributed by atoms with Gasteiger partial charge in [0.25, 0.3) is 0 Å². The number of terminal acetylenes is 1. The van der Waals surface area contributed by atoms with Gasteiger partial charge in [0.2, 0.25) is 0 Å². The van der Waals surface area contributed by atoms with Gasteiger partial charge in [0.15, 0.2) is 0 Å². The molecule has 1 nitrogen and oxygen atoms in total. The van der Waals surface area contributed by atoms with Crippen molar-refractivity contribution in [2.75, 3.05) is 0 Å². The van der Waals surface area contributed by atoms with E-state index in [0.29, 0.717) is 0 Å². The monoisotopic (exact) mass is 106 g/mol. The molecule has 0 aromatic heterocycles. The van der Waals surface area contributed by atoms with E-state index in [1.54, 1.807) is 0 Å². The summed E-state index contributed by atoms with van der Waals surface area (Å²) in [7, 11) is 0. The van der Waals surface area contributed by atoms with Crippen molar-refractivity contribution in [2.45, 2.75) is 0 Å². The fraction of sp³-hybridized carbons (Fsp3) is 0. The first kappa shape index (κ1) is 34.5. The van der Waals surface area contributed by atoms with Crippen molar-refractivity contribution in [1.82, 2.24) is 0 Å². The molecule has 0 aliphatic heterocycles. The van der Waals surface area contributed by atoms with Crippen LogP contribution in [0.3, 0.4) is 0 Å². The van der Waals surface area contributed by atoms with Crippen LogP contribution in [0.4, 0.5) is 0 Å². The molecular formula is C2H3CuO. The summed E-state index contributed by atoms with van der Waals surface area (Å²) >= 11 is 0. The van der Waals surface area contributed by atoms with Crippen molar-refractivity contribution in [3.63, 3.8) is 0 Å².